The van der Waals surface area contributed by atoms with Crippen LogP contribution in [0.2, 0.25) is 0 Å². The summed E-state index contributed by atoms with van der Waals surface area (Å²) in [6, 6.07) is 8.56. The van der Waals surface area contributed by atoms with Crippen molar-refractivity contribution in [1.29, 1.82) is 0 Å². The van der Waals surface area contributed by atoms with Crippen LogP contribution in [0.1, 0.15) is 11.6 Å². The van der Waals surface area contributed by atoms with E-state index in [1.807, 2.05) is 6.07 Å². The Labute approximate surface area is 162 Å². The van der Waals surface area contributed by atoms with Crippen molar-refractivity contribution in [2.24, 2.45) is 5.92 Å². The molecule has 8 heteroatoms. The van der Waals surface area contributed by atoms with Crippen LogP contribution in [-0.2, 0) is 4.79 Å². The third-order valence-electron chi connectivity index (χ3n) is 4.30. The molecule has 1 aromatic carbocycles. The van der Waals surface area contributed by atoms with Crippen molar-refractivity contribution in [2.75, 3.05) is 19.5 Å². The lowest BCUT2D eigenvalue weighted by molar-refractivity contribution is -0.377. The summed E-state index contributed by atoms with van der Waals surface area (Å²) in [5, 5.41) is 9.40. The number of thiocarbonyl (C=S) groups is 1. The molecule has 0 aliphatic carbocycles. The molecule has 140 valence electrons. The van der Waals surface area contributed by atoms with Gasteiger partial charge in [0.1, 0.15) is 23.1 Å². The van der Waals surface area contributed by atoms with Gasteiger partial charge < -0.3 is 25.4 Å². The average Bonchev–Trinajstić information content (AvgIpc) is 2.67. The van der Waals surface area contributed by atoms with Crippen LogP contribution in [0.3, 0.4) is 0 Å². The molecule has 2 aromatic rings. The number of pyridine rings is 1. The first-order valence-corrected chi connectivity index (χ1v) is 8.69. The van der Waals surface area contributed by atoms with Gasteiger partial charge in [-0.1, -0.05) is 6.58 Å². The van der Waals surface area contributed by atoms with E-state index < -0.39 is 12.0 Å². The zero-order valence-corrected chi connectivity index (χ0v) is 15.9. The minimum atomic E-state index is -0.627. The number of ether oxygens (including phenoxy) is 2. The number of benzene rings is 1. The molecule has 3 rings (SSSR count). The molecule has 2 unspecified atom stereocenters. The highest BCUT2D eigenvalue weighted by atomic mass is 32.1. The standard InChI is InChI=1S/C19H20N4O3S/c1-11-16(18(24)22-12-5-4-8-20-10-12)17(23-19(27)21-11)14-9-13(25-2)6-7-15(14)26-3/h4-10,16-17H,1H2,2-3H3,(H,22,24)(H2,21,23,27)/p+1. The van der Waals surface area contributed by atoms with Gasteiger partial charge in [0, 0.05) is 17.3 Å². The van der Waals surface area contributed by atoms with Gasteiger partial charge in [-0.15, -0.1) is 0 Å². The molecule has 1 aromatic heterocycles. The van der Waals surface area contributed by atoms with Gasteiger partial charge in [0.25, 0.3) is 0 Å². The zero-order valence-electron chi connectivity index (χ0n) is 15.0. The predicted octanol–water partition coefficient (Wildman–Crippen LogP) is 1.81. The largest absolute Gasteiger partial charge is 0.497 e. The molecule has 1 aliphatic rings. The van der Waals surface area contributed by atoms with Crippen LogP contribution in [0.4, 0.5) is 5.69 Å². The number of carbonyl (C=O) groups is 1. The van der Waals surface area contributed by atoms with E-state index >= 15 is 0 Å². The third-order valence-corrected chi connectivity index (χ3v) is 4.52. The number of hydrogen-bond donors (Lipinski definition) is 3. The van der Waals surface area contributed by atoms with Crippen molar-refractivity contribution >= 4 is 28.9 Å². The van der Waals surface area contributed by atoms with E-state index in [4.69, 9.17) is 21.7 Å². The Morgan fingerprint density at radius 1 is 1.30 bits per heavy atom. The molecule has 0 saturated carbocycles. The van der Waals surface area contributed by atoms with Crippen LogP contribution in [0, 0.1) is 5.92 Å². The SMILES string of the molecule is C=C1NC(=S)NC(c2cc(OC)ccc2OC)C1C(=O)Nc1ccc[nH+]c1. The first-order valence-electron chi connectivity index (χ1n) is 8.28. The number of anilines is 1. The second-order valence-corrected chi connectivity index (χ2v) is 6.38. The van der Waals surface area contributed by atoms with Crippen LogP contribution in [0.5, 0.6) is 11.5 Å². The fraction of sp³-hybridized carbons (Fsp3) is 0.211. The van der Waals surface area contributed by atoms with E-state index in [2.05, 4.69) is 27.5 Å². The molecule has 1 amide bonds. The van der Waals surface area contributed by atoms with Crippen LogP contribution >= 0.6 is 12.2 Å². The molecule has 0 radical (unpaired) electrons. The van der Waals surface area contributed by atoms with Gasteiger partial charge in [-0.05, 0) is 36.5 Å². The molecule has 1 aliphatic heterocycles. The summed E-state index contributed by atoms with van der Waals surface area (Å²) in [4.78, 5) is 16.0. The molecular formula is C19H21N4O3S+. The molecule has 27 heavy (non-hydrogen) atoms. The molecular weight excluding hydrogens is 364 g/mol. The number of methoxy groups -OCH3 is 2. The van der Waals surface area contributed by atoms with E-state index in [1.165, 1.54) is 0 Å². The van der Waals surface area contributed by atoms with Crippen LogP contribution < -0.4 is 30.4 Å². The number of carbonyl (C=O) groups excluding carboxylic acids is 1. The van der Waals surface area contributed by atoms with Gasteiger partial charge >= 0.3 is 0 Å². The number of nitrogens with one attached hydrogen (secondary N) is 4. The summed E-state index contributed by atoms with van der Waals surface area (Å²) in [7, 11) is 3.16. The molecule has 2 heterocycles. The number of rotatable bonds is 5. The van der Waals surface area contributed by atoms with Crippen molar-refractivity contribution in [2.45, 2.75) is 6.04 Å². The Hall–Kier alpha value is -3.13. The van der Waals surface area contributed by atoms with Crippen molar-refractivity contribution in [3.63, 3.8) is 0 Å². The highest BCUT2D eigenvalue weighted by Crippen LogP contribution is 2.37. The van der Waals surface area contributed by atoms with E-state index in [0.29, 0.717) is 28.0 Å². The highest BCUT2D eigenvalue weighted by Gasteiger charge is 2.38. The normalized spacial score (nSPS) is 18.9. The summed E-state index contributed by atoms with van der Waals surface area (Å²) < 4.78 is 10.8. The number of amides is 1. The Kier molecular flexibility index (Phi) is 5.56. The van der Waals surface area contributed by atoms with E-state index in [1.54, 1.807) is 50.9 Å². The molecule has 1 fully saturated rings. The number of aromatic nitrogens is 1. The predicted molar refractivity (Wildman–Crippen MR) is 105 cm³/mol. The van der Waals surface area contributed by atoms with Crippen molar-refractivity contribution in [3.8, 4) is 11.5 Å². The topological polar surface area (TPSA) is 85.8 Å². The Balaban J connectivity index is 1.98. The molecule has 4 N–H and O–H groups in total. The van der Waals surface area contributed by atoms with Crippen LogP contribution in [-0.4, -0.2) is 25.2 Å². The minimum Gasteiger partial charge on any atom is -0.497 e. The lowest BCUT2D eigenvalue weighted by Crippen LogP contribution is -2.51. The smallest absolute Gasteiger partial charge is 0.236 e. The maximum absolute atomic E-state index is 13.0. The Bertz CT molecular complexity index is 873. The second kappa shape index (κ2) is 8.05. The molecule has 0 spiro atoms. The lowest BCUT2D eigenvalue weighted by atomic mass is 9.87. The molecule has 1 saturated heterocycles. The van der Waals surface area contributed by atoms with E-state index in [-0.39, 0.29) is 5.91 Å². The zero-order chi connectivity index (χ0) is 19.4. The summed E-state index contributed by atoms with van der Waals surface area (Å²) in [6.07, 6.45) is 3.47. The summed E-state index contributed by atoms with van der Waals surface area (Å²) in [6.45, 7) is 4.00. The first-order chi connectivity index (χ1) is 13.0. The van der Waals surface area contributed by atoms with Crippen molar-refractivity contribution < 1.29 is 19.3 Å². The van der Waals surface area contributed by atoms with Gasteiger partial charge in [-0.3, -0.25) is 4.79 Å². The first kappa shape index (κ1) is 18.7. The molecule has 0 bridgehead atoms. The fourth-order valence-electron chi connectivity index (χ4n) is 3.03. The maximum Gasteiger partial charge on any atom is 0.236 e. The minimum absolute atomic E-state index is 0.225. The van der Waals surface area contributed by atoms with Crippen LogP contribution in [0.15, 0.2) is 55.0 Å². The Morgan fingerprint density at radius 2 is 2.11 bits per heavy atom. The van der Waals surface area contributed by atoms with Crippen molar-refractivity contribution in [1.82, 2.24) is 10.6 Å². The van der Waals surface area contributed by atoms with E-state index in [0.717, 1.165) is 5.56 Å². The van der Waals surface area contributed by atoms with Gasteiger partial charge in [0.2, 0.25) is 5.91 Å². The highest BCUT2D eigenvalue weighted by molar-refractivity contribution is 7.80. The summed E-state index contributed by atoms with van der Waals surface area (Å²) in [5.41, 5.74) is 1.91. The molecule has 7 nitrogen and oxygen atoms in total. The van der Waals surface area contributed by atoms with Gasteiger partial charge in [-0.2, -0.15) is 0 Å². The molecule has 2 atom stereocenters. The number of hydrogen-bond acceptors (Lipinski definition) is 4. The van der Waals surface area contributed by atoms with Crippen molar-refractivity contribution in [3.05, 3.63) is 60.6 Å². The maximum atomic E-state index is 13.0. The third kappa shape index (κ3) is 4.01. The quantitative estimate of drug-likeness (QED) is 0.681. The number of H-pyrrole nitrogens is 1. The monoisotopic (exact) mass is 385 g/mol. The van der Waals surface area contributed by atoms with Gasteiger partial charge in [0.15, 0.2) is 17.5 Å². The van der Waals surface area contributed by atoms with Gasteiger partial charge in [0.05, 0.1) is 20.3 Å². The van der Waals surface area contributed by atoms with Gasteiger partial charge in [-0.25, -0.2) is 4.98 Å². The summed E-state index contributed by atoms with van der Waals surface area (Å²) >= 11 is 5.28. The van der Waals surface area contributed by atoms with E-state index in [9.17, 15) is 4.79 Å². The lowest BCUT2D eigenvalue weighted by Gasteiger charge is -2.36. The Morgan fingerprint density at radius 3 is 2.78 bits per heavy atom. The average molecular weight is 385 g/mol. The second-order valence-electron chi connectivity index (χ2n) is 5.97. The van der Waals surface area contributed by atoms with Crippen LogP contribution in [0.25, 0.3) is 0 Å². The fourth-order valence-corrected chi connectivity index (χ4v) is 3.28. The number of aromatic amines is 1. The summed E-state index contributed by atoms with van der Waals surface area (Å²) in [5.74, 6) is 0.422.